The second kappa shape index (κ2) is 6.87. The Hall–Kier alpha value is -2.00. The van der Waals surface area contributed by atoms with Crippen molar-refractivity contribution in [3.63, 3.8) is 0 Å². The average Bonchev–Trinajstić information content (AvgIpc) is 3.23. The van der Waals surface area contributed by atoms with Crippen molar-refractivity contribution in [3.8, 4) is 0 Å². The first-order valence-corrected chi connectivity index (χ1v) is 11.3. The van der Waals surface area contributed by atoms with Crippen LogP contribution in [0.15, 0.2) is 24.3 Å². The number of hydrogen-bond acceptors (Lipinski definition) is 6. The van der Waals surface area contributed by atoms with Crippen molar-refractivity contribution in [1.82, 2.24) is 4.90 Å². The van der Waals surface area contributed by atoms with E-state index in [-0.39, 0.29) is 34.4 Å². The molecule has 1 aromatic carbocycles. The van der Waals surface area contributed by atoms with Gasteiger partial charge in [0.1, 0.15) is 10.7 Å². The fourth-order valence-electron chi connectivity index (χ4n) is 3.45. The standard InChI is InChI=1S/C18H18FNO5S2/c19-14-2-1-3-15-13(14)8-16(26-15)18(22)25-9-17(21)20(11-4-5-11)12-6-7-27(23,24)10-12/h1-3,8,11-12H,4-7,9-10H2/t12-/m1/s1. The molecule has 4 rings (SSSR count). The van der Waals surface area contributed by atoms with Gasteiger partial charge in [0, 0.05) is 22.2 Å². The molecule has 1 saturated carbocycles. The minimum Gasteiger partial charge on any atom is -0.451 e. The quantitative estimate of drug-likeness (QED) is 0.706. The summed E-state index contributed by atoms with van der Waals surface area (Å²) in [5.74, 6) is -1.42. The zero-order valence-corrected chi connectivity index (χ0v) is 16.0. The number of rotatable bonds is 5. The van der Waals surface area contributed by atoms with E-state index in [9.17, 15) is 22.4 Å². The molecule has 0 spiro atoms. The summed E-state index contributed by atoms with van der Waals surface area (Å²) in [5.41, 5.74) is 0. The van der Waals surface area contributed by atoms with Crippen LogP contribution in [0.3, 0.4) is 0 Å². The van der Waals surface area contributed by atoms with Crippen LogP contribution in [0, 0.1) is 5.82 Å². The molecule has 0 unspecified atom stereocenters. The van der Waals surface area contributed by atoms with E-state index < -0.39 is 28.2 Å². The monoisotopic (exact) mass is 411 g/mol. The lowest BCUT2D eigenvalue weighted by Gasteiger charge is -2.28. The number of esters is 1. The second-order valence-electron chi connectivity index (χ2n) is 6.93. The van der Waals surface area contributed by atoms with Crippen LogP contribution in [-0.2, 0) is 19.4 Å². The minimum absolute atomic E-state index is 0.0290. The van der Waals surface area contributed by atoms with Gasteiger partial charge in [-0.1, -0.05) is 6.07 Å². The molecule has 0 bridgehead atoms. The summed E-state index contributed by atoms with van der Waals surface area (Å²) < 4.78 is 43.0. The van der Waals surface area contributed by atoms with Crippen molar-refractivity contribution >= 4 is 43.1 Å². The molecule has 1 aromatic heterocycles. The van der Waals surface area contributed by atoms with Crippen molar-refractivity contribution in [2.75, 3.05) is 18.1 Å². The summed E-state index contributed by atoms with van der Waals surface area (Å²) in [5, 5.41) is 0.344. The summed E-state index contributed by atoms with van der Waals surface area (Å²) in [6.07, 6.45) is 2.10. The van der Waals surface area contributed by atoms with Crippen LogP contribution in [0.4, 0.5) is 4.39 Å². The van der Waals surface area contributed by atoms with Gasteiger partial charge < -0.3 is 9.64 Å². The Kier molecular flexibility index (Phi) is 4.67. The maximum absolute atomic E-state index is 13.8. The largest absolute Gasteiger partial charge is 0.451 e. The first kappa shape index (κ1) is 18.4. The lowest BCUT2D eigenvalue weighted by molar-refractivity contribution is -0.137. The Labute approximate surface area is 159 Å². The summed E-state index contributed by atoms with van der Waals surface area (Å²) in [7, 11) is -3.11. The molecule has 0 radical (unpaired) electrons. The molecule has 1 saturated heterocycles. The Morgan fingerprint density at radius 2 is 2.00 bits per heavy atom. The molecule has 6 nitrogen and oxygen atoms in total. The third-order valence-electron chi connectivity index (χ3n) is 4.87. The number of amides is 1. The number of fused-ring (bicyclic) bond motifs is 1. The summed E-state index contributed by atoms with van der Waals surface area (Å²) >= 11 is 1.10. The molecule has 27 heavy (non-hydrogen) atoms. The molecule has 1 aliphatic heterocycles. The fraction of sp³-hybridized carbons (Fsp3) is 0.444. The number of carbonyl (C=O) groups excluding carboxylic acids is 2. The van der Waals surface area contributed by atoms with Gasteiger partial charge >= 0.3 is 5.97 Å². The number of sulfone groups is 1. The van der Waals surface area contributed by atoms with Crippen molar-refractivity contribution in [2.45, 2.75) is 31.3 Å². The number of halogens is 1. The van der Waals surface area contributed by atoms with Crippen LogP contribution >= 0.6 is 11.3 Å². The molecule has 2 aromatic rings. The van der Waals surface area contributed by atoms with E-state index in [1.807, 2.05) is 0 Å². The van der Waals surface area contributed by atoms with Gasteiger partial charge in [0.15, 0.2) is 16.4 Å². The molecule has 9 heteroatoms. The highest BCUT2D eigenvalue weighted by Crippen LogP contribution is 2.32. The van der Waals surface area contributed by atoms with Gasteiger partial charge in [0.2, 0.25) is 0 Å². The predicted octanol–water partition coefficient (Wildman–Crippen LogP) is 2.38. The van der Waals surface area contributed by atoms with Crippen LogP contribution in [0.2, 0.25) is 0 Å². The van der Waals surface area contributed by atoms with Crippen LogP contribution < -0.4 is 0 Å². The van der Waals surface area contributed by atoms with E-state index in [4.69, 9.17) is 4.74 Å². The number of hydrogen-bond donors (Lipinski definition) is 0. The number of thiophene rings is 1. The minimum atomic E-state index is -3.11. The van der Waals surface area contributed by atoms with Crippen molar-refractivity contribution in [1.29, 1.82) is 0 Å². The van der Waals surface area contributed by atoms with Gasteiger partial charge in [-0.25, -0.2) is 17.6 Å². The molecular formula is C18H18FNO5S2. The topological polar surface area (TPSA) is 80.8 Å². The summed E-state index contributed by atoms with van der Waals surface area (Å²) in [6.45, 7) is -0.442. The van der Waals surface area contributed by atoms with E-state index in [0.717, 1.165) is 24.2 Å². The predicted molar refractivity (Wildman–Crippen MR) is 99.0 cm³/mol. The smallest absolute Gasteiger partial charge is 0.348 e. The molecule has 1 atom stereocenters. The van der Waals surface area contributed by atoms with Crippen molar-refractivity contribution in [3.05, 3.63) is 35.0 Å². The zero-order chi connectivity index (χ0) is 19.2. The molecule has 1 aliphatic carbocycles. The average molecular weight is 411 g/mol. The summed E-state index contributed by atoms with van der Waals surface area (Å²) in [6, 6.07) is 5.71. The first-order valence-electron chi connectivity index (χ1n) is 8.71. The van der Waals surface area contributed by atoms with Crippen molar-refractivity contribution < 1.29 is 27.1 Å². The highest BCUT2D eigenvalue weighted by Gasteiger charge is 2.42. The second-order valence-corrected chi connectivity index (χ2v) is 10.2. The normalized spacial score (nSPS) is 21.3. The van der Waals surface area contributed by atoms with Gasteiger partial charge in [-0.2, -0.15) is 0 Å². The lowest BCUT2D eigenvalue weighted by Crippen LogP contribution is -2.44. The lowest BCUT2D eigenvalue weighted by atomic mass is 10.2. The molecule has 1 amide bonds. The van der Waals surface area contributed by atoms with Gasteiger partial charge in [0.25, 0.3) is 5.91 Å². The number of carbonyl (C=O) groups is 2. The van der Waals surface area contributed by atoms with Gasteiger partial charge in [0.05, 0.1) is 11.5 Å². The highest BCUT2D eigenvalue weighted by molar-refractivity contribution is 7.91. The van der Waals surface area contributed by atoms with Gasteiger partial charge in [-0.15, -0.1) is 11.3 Å². The molecule has 2 aliphatic rings. The van der Waals surface area contributed by atoms with Crippen LogP contribution in [0.1, 0.15) is 28.9 Å². The molecule has 0 N–H and O–H groups in total. The summed E-state index contributed by atoms with van der Waals surface area (Å²) in [4.78, 5) is 26.7. The van der Waals surface area contributed by atoms with E-state index in [2.05, 4.69) is 0 Å². The third kappa shape index (κ3) is 3.84. The Bertz CT molecular complexity index is 1010. The molecule has 144 valence electrons. The molecule has 2 fully saturated rings. The Morgan fingerprint density at radius 1 is 1.22 bits per heavy atom. The van der Waals surface area contributed by atoms with E-state index in [1.54, 1.807) is 17.0 Å². The fourth-order valence-corrected chi connectivity index (χ4v) is 6.13. The van der Waals surface area contributed by atoms with E-state index >= 15 is 0 Å². The third-order valence-corrected chi connectivity index (χ3v) is 7.70. The number of ether oxygens (including phenoxy) is 1. The Balaban J connectivity index is 1.42. The maximum Gasteiger partial charge on any atom is 0.348 e. The van der Waals surface area contributed by atoms with Crippen LogP contribution in [0.5, 0.6) is 0 Å². The van der Waals surface area contributed by atoms with E-state index in [0.29, 0.717) is 16.5 Å². The van der Waals surface area contributed by atoms with Crippen molar-refractivity contribution in [2.24, 2.45) is 0 Å². The zero-order valence-electron chi connectivity index (χ0n) is 14.4. The maximum atomic E-state index is 13.8. The Morgan fingerprint density at radius 3 is 2.63 bits per heavy atom. The number of benzene rings is 1. The van der Waals surface area contributed by atoms with Crippen LogP contribution in [0.25, 0.3) is 10.1 Å². The highest BCUT2D eigenvalue weighted by atomic mass is 32.2. The SMILES string of the molecule is O=C(OCC(=O)N(C1CC1)[C@@H]1CCS(=O)(=O)C1)c1cc2c(F)cccc2s1. The van der Waals surface area contributed by atoms with Gasteiger partial charge in [-0.05, 0) is 37.5 Å². The van der Waals surface area contributed by atoms with Crippen LogP contribution in [-0.4, -0.2) is 55.4 Å². The van der Waals surface area contributed by atoms with Gasteiger partial charge in [-0.3, -0.25) is 4.79 Å². The molecule has 2 heterocycles. The molecular weight excluding hydrogens is 393 g/mol. The number of nitrogens with zero attached hydrogens (tertiary/aromatic N) is 1. The van der Waals surface area contributed by atoms with E-state index in [1.165, 1.54) is 12.1 Å². The first-order chi connectivity index (χ1) is 12.8.